The van der Waals surface area contributed by atoms with Crippen LogP contribution in [0.3, 0.4) is 0 Å². The van der Waals surface area contributed by atoms with Gasteiger partial charge in [0.2, 0.25) is 0 Å². The van der Waals surface area contributed by atoms with Crippen LogP contribution in [0.4, 0.5) is 11.5 Å². The summed E-state index contributed by atoms with van der Waals surface area (Å²) >= 11 is 0. The number of nitrogens with zero attached hydrogens (tertiary/aromatic N) is 3. The van der Waals surface area contributed by atoms with Crippen LogP contribution in [0, 0.1) is 0 Å². The van der Waals surface area contributed by atoms with Gasteiger partial charge in [-0.15, -0.1) is 5.10 Å². The first kappa shape index (κ1) is 13.5. The third-order valence-electron chi connectivity index (χ3n) is 3.85. The van der Waals surface area contributed by atoms with E-state index in [9.17, 15) is 4.79 Å². The minimum atomic E-state index is -0.324. The van der Waals surface area contributed by atoms with E-state index in [2.05, 4.69) is 15.5 Å². The minimum absolute atomic E-state index is 0.143. The highest BCUT2D eigenvalue weighted by Crippen LogP contribution is 2.37. The summed E-state index contributed by atoms with van der Waals surface area (Å²) in [5, 5.41) is 11.2. The number of aromatic nitrogens is 2. The molecule has 1 amide bonds. The number of rotatable bonds is 2. The third-order valence-corrected chi connectivity index (χ3v) is 3.85. The van der Waals surface area contributed by atoms with E-state index in [1.165, 1.54) is 6.20 Å². The van der Waals surface area contributed by atoms with Gasteiger partial charge >= 0.3 is 0 Å². The molecule has 0 saturated heterocycles. The molecular weight excluding hydrogens is 288 g/mol. The third kappa shape index (κ3) is 2.32. The SMILES string of the molecule is O=C1NC(c2ccccc2)N(c2ccccc2)c2nnccc21. The first-order valence-corrected chi connectivity index (χ1v) is 7.36. The van der Waals surface area contributed by atoms with Crippen LogP contribution in [0.5, 0.6) is 0 Å². The summed E-state index contributed by atoms with van der Waals surface area (Å²) in [6.07, 6.45) is 1.21. The lowest BCUT2D eigenvalue weighted by Crippen LogP contribution is -2.44. The molecule has 112 valence electrons. The van der Waals surface area contributed by atoms with Crippen molar-refractivity contribution in [3.05, 3.63) is 84.1 Å². The molecule has 1 atom stereocenters. The number of nitrogens with one attached hydrogen (secondary N) is 1. The standard InChI is InChI=1S/C18H14N4O/c23-18-15-11-12-19-21-17(15)22(14-9-5-2-6-10-14)16(20-18)13-7-3-1-4-8-13/h1-12,16H,(H,20,23). The Kier molecular flexibility index (Phi) is 3.24. The van der Waals surface area contributed by atoms with Gasteiger partial charge in [-0.2, -0.15) is 5.10 Å². The van der Waals surface area contributed by atoms with Gasteiger partial charge in [-0.05, 0) is 23.8 Å². The van der Waals surface area contributed by atoms with Crippen LogP contribution in [0.25, 0.3) is 0 Å². The van der Waals surface area contributed by atoms with Crippen molar-refractivity contribution in [2.24, 2.45) is 0 Å². The van der Waals surface area contributed by atoms with Gasteiger partial charge in [0.25, 0.3) is 5.91 Å². The quantitative estimate of drug-likeness (QED) is 0.790. The normalized spacial score (nSPS) is 16.6. The summed E-state index contributed by atoms with van der Waals surface area (Å²) in [5.74, 6) is 0.423. The second-order valence-corrected chi connectivity index (χ2v) is 5.26. The van der Waals surface area contributed by atoms with Crippen LogP contribution in [-0.2, 0) is 0 Å². The first-order chi connectivity index (χ1) is 11.3. The van der Waals surface area contributed by atoms with Gasteiger partial charge in [-0.3, -0.25) is 9.69 Å². The van der Waals surface area contributed by atoms with Crippen molar-refractivity contribution in [1.82, 2.24) is 15.5 Å². The maximum absolute atomic E-state index is 12.4. The number of carbonyl (C=O) groups excluding carboxylic acids is 1. The number of amides is 1. The second-order valence-electron chi connectivity index (χ2n) is 5.26. The second kappa shape index (κ2) is 5.53. The molecule has 1 aliphatic rings. The fourth-order valence-corrected chi connectivity index (χ4v) is 2.80. The fourth-order valence-electron chi connectivity index (χ4n) is 2.80. The molecule has 4 rings (SSSR count). The zero-order valence-electron chi connectivity index (χ0n) is 12.3. The maximum atomic E-state index is 12.4. The topological polar surface area (TPSA) is 58.1 Å². The van der Waals surface area contributed by atoms with E-state index in [1.807, 2.05) is 65.6 Å². The predicted octanol–water partition coefficient (Wildman–Crippen LogP) is 3.06. The van der Waals surface area contributed by atoms with E-state index < -0.39 is 0 Å². The van der Waals surface area contributed by atoms with Gasteiger partial charge in [0.15, 0.2) is 5.82 Å². The van der Waals surface area contributed by atoms with Crippen LogP contribution in [0.15, 0.2) is 72.9 Å². The Morgan fingerprint density at radius 1 is 0.913 bits per heavy atom. The van der Waals surface area contributed by atoms with Gasteiger partial charge in [0.1, 0.15) is 6.17 Å². The maximum Gasteiger partial charge on any atom is 0.257 e. The fraction of sp³-hybridized carbons (Fsp3) is 0.0556. The van der Waals surface area contributed by atoms with E-state index in [-0.39, 0.29) is 12.1 Å². The number of carbonyl (C=O) groups is 1. The average molecular weight is 302 g/mol. The Morgan fingerprint density at radius 2 is 1.61 bits per heavy atom. The average Bonchev–Trinajstić information content (AvgIpc) is 2.63. The molecule has 3 aromatic rings. The van der Waals surface area contributed by atoms with Crippen LogP contribution in [-0.4, -0.2) is 16.1 Å². The van der Waals surface area contributed by atoms with Crippen molar-refractivity contribution in [2.75, 3.05) is 4.90 Å². The molecule has 1 unspecified atom stereocenters. The van der Waals surface area contributed by atoms with Gasteiger partial charge in [-0.25, -0.2) is 0 Å². The summed E-state index contributed by atoms with van der Waals surface area (Å²) in [7, 11) is 0. The highest BCUT2D eigenvalue weighted by molar-refractivity contribution is 6.02. The van der Waals surface area contributed by atoms with Crippen LogP contribution in [0.2, 0.25) is 0 Å². The number of hydrogen-bond donors (Lipinski definition) is 1. The number of para-hydroxylation sites is 1. The van der Waals surface area contributed by atoms with Gasteiger partial charge < -0.3 is 5.32 Å². The zero-order valence-corrected chi connectivity index (χ0v) is 12.3. The monoisotopic (exact) mass is 302 g/mol. The van der Waals surface area contributed by atoms with Gasteiger partial charge in [0, 0.05) is 5.69 Å². The highest BCUT2D eigenvalue weighted by atomic mass is 16.2. The molecule has 0 spiro atoms. The lowest BCUT2D eigenvalue weighted by Gasteiger charge is -2.37. The van der Waals surface area contributed by atoms with Crippen LogP contribution in [0.1, 0.15) is 22.1 Å². The molecule has 2 aromatic carbocycles. The molecule has 1 aliphatic heterocycles. The Hall–Kier alpha value is -3.21. The smallest absolute Gasteiger partial charge is 0.257 e. The Labute approximate surface area is 133 Å². The molecule has 0 aliphatic carbocycles. The number of hydrogen-bond acceptors (Lipinski definition) is 4. The largest absolute Gasteiger partial charge is 0.327 e. The number of benzene rings is 2. The Bertz CT molecular complexity index is 836. The highest BCUT2D eigenvalue weighted by Gasteiger charge is 2.34. The van der Waals surface area contributed by atoms with Gasteiger partial charge in [-0.1, -0.05) is 48.5 Å². The van der Waals surface area contributed by atoms with Crippen molar-refractivity contribution in [2.45, 2.75) is 6.17 Å². The van der Waals surface area contributed by atoms with Crippen molar-refractivity contribution < 1.29 is 4.79 Å². The molecule has 23 heavy (non-hydrogen) atoms. The van der Waals surface area contributed by atoms with Crippen molar-refractivity contribution in [3.63, 3.8) is 0 Å². The molecule has 1 N–H and O–H groups in total. The molecule has 0 radical (unpaired) electrons. The predicted molar refractivity (Wildman–Crippen MR) is 87.3 cm³/mol. The molecule has 1 aromatic heterocycles. The summed E-state index contributed by atoms with van der Waals surface area (Å²) in [6.45, 7) is 0. The molecule has 5 nitrogen and oxygen atoms in total. The molecule has 5 heteroatoms. The van der Waals surface area contributed by atoms with E-state index in [1.54, 1.807) is 6.07 Å². The zero-order chi connectivity index (χ0) is 15.6. The molecule has 0 saturated carbocycles. The van der Waals surface area contributed by atoms with Crippen molar-refractivity contribution >= 4 is 17.4 Å². The Balaban J connectivity index is 1.91. The van der Waals surface area contributed by atoms with Crippen LogP contribution < -0.4 is 10.2 Å². The first-order valence-electron chi connectivity index (χ1n) is 7.36. The molecule has 0 fully saturated rings. The molecule has 2 heterocycles. The molecule has 0 bridgehead atoms. The minimum Gasteiger partial charge on any atom is -0.327 e. The van der Waals surface area contributed by atoms with E-state index >= 15 is 0 Å². The lowest BCUT2D eigenvalue weighted by atomic mass is 10.1. The van der Waals surface area contributed by atoms with Gasteiger partial charge in [0.05, 0.1) is 11.8 Å². The summed E-state index contributed by atoms with van der Waals surface area (Å²) < 4.78 is 0. The van der Waals surface area contributed by atoms with Crippen LogP contribution >= 0.6 is 0 Å². The summed E-state index contributed by atoms with van der Waals surface area (Å²) in [4.78, 5) is 14.4. The lowest BCUT2D eigenvalue weighted by molar-refractivity contribution is 0.0928. The Morgan fingerprint density at radius 3 is 2.35 bits per heavy atom. The molecular formula is C18H14N4O. The van der Waals surface area contributed by atoms with E-state index in [0.29, 0.717) is 11.4 Å². The summed E-state index contributed by atoms with van der Waals surface area (Å²) in [5.41, 5.74) is 2.46. The van der Waals surface area contributed by atoms with E-state index in [0.717, 1.165) is 11.3 Å². The number of anilines is 2. The van der Waals surface area contributed by atoms with Crippen molar-refractivity contribution in [1.29, 1.82) is 0 Å². The summed E-state index contributed by atoms with van der Waals surface area (Å²) in [6, 6.07) is 21.4. The van der Waals surface area contributed by atoms with Crippen molar-refractivity contribution in [3.8, 4) is 0 Å². The van der Waals surface area contributed by atoms with E-state index in [4.69, 9.17) is 0 Å². The number of fused-ring (bicyclic) bond motifs is 1.